The van der Waals surface area contributed by atoms with Crippen LogP contribution in [0.3, 0.4) is 0 Å². The number of hydrogen-bond donors (Lipinski definition) is 0. The summed E-state index contributed by atoms with van der Waals surface area (Å²) in [6.07, 6.45) is 0. The number of fused-ring (bicyclic) bond motifs is 8. The van der Waals surface area contributed by atoms with E-state index in [-0.39, 0.29) is 0 Å². The lowest BCUT2D eigenvalue weighted by Gasteiger charge is -2.47. The lowest BCUT2D eigenvalue weighted by molar-refractivity contribution is 0.302. The average molecular weight is 677 g/mol. The van der Waals surface area contributed by atoms with Gasteiger partial charge >= 0.3 is 0 Å². The summed E-state index contributed by atoms with van der Waals surface area (Å²) in [7, 11) is 0. The number of para-hydroxylation sites is 4. The van der Waals surface area contributed by atoms with Crippen molar-refractivity contribution in [3.8, 4) is 22.3 Å². The molecule has 12 rings (SSSR count). The molecular weight excluding hydrogens is 645 g/mol. The van der Waals surface area contributed by atoms with Crippen molar-refractivity contribution in [2.24, 2.45) is 0 Å². The summed E-state index contributed by atoms with van der Waals surface area (Å²) in [5.74, 6) is -0.890. The Morgan fingerprint density at radius 2 is 0.642 bits per heavy atom. The van der Waals surface area contributed by atoms with Crippen molar-refractivity contribution in [1.29, 1.82) is 0 Å². The molecule has 2 aliphatic rings. The van der Waals surface area contributed by atoms with Gasteiger partial charge in [-0.2, -0.15) is 0 Å². The van der Waals surface area contributed by atoms with Gasteiger partial charge in [0.05, 0.1) is 33.4 Å². The van der Waals surface area contributed by atoms with Crippen LogP contribution < -0.4 is 9.80 Å². The number of hydrogen-bond acceptors (Lipinski definition) is 2. The van der Waals surface area contributed by atoms with Crippen molar-refractivity contribution in [1.82, 2.24) is 9.13 Å². The van der Waals surface area contributed by atoms with Gasteiger partial charge in [-0.25, -0.2) is 0 Å². The molecule has 4 heteroatoms. The maximum atomic E-state index is 2.62. The molecule has 0 atom stereocenters. The van der Waals surface area contributed by atoms with E-state index in [1.54, 1.807) is 0 Å². The third-order valence-electron chi connectivity index (χ3n) is 11.5. The van der Waals surface area contributed by atoms with Crippen molar-refractivity contribution < 1.29 is 0 Å². The highest BCUT2D eigenvalue weighted by molar-refractivity contribution is 6.19. The lowest BCUT2D eigenvalue weighted by atomic mass is 10.0. The highest BCUT2D eigenvalue weighted by Crippen LogP contribution is 2.61. The monoisotopic (exact) mass is 676 g/mol. The lowest BCUT2D eigenvalue weighted by Crippen LogP contribution is -2.59. The Bertz CT molecular complexity index is 2840. The standard InChI is InChI=1S/C49H32N4/c1-3-13-33(14-4-1)35-25-29-37(30-26-35)50-45-23-11-19-41-39-17-7-9-21-43(39)52(47(41)45)49(50)51(38-31-27-36(28-32-38)34-15-5-2-6-16-34)46-24-12-20-42-40-18-8-10-22-44(40)53(49)48(42)46/h1-32H. The molecule has 0 radical (unpaired) electrons. The first-order valence-electron chi connectivity index (χ1n) is 18.3. The normalized spacial score (nSPS) is 14.1. The fraction of sp³-hybridized carbons (Fsp3) is 0.0204. The first-order chi connectivity index (χ1) is 26.3. The van der Waals surface area contributed by atoms with E-state index in [2.05, 4.69) is 213 Å². The van der Waals surface area contributed by atoms with Crippen LogP contribution in [-0.2, 0) is 5.91 Å². The molecule has 0 aliphatic carbocycles. The minimum Gasteiger partial charge on any atom is -0.280 e. The molecule has 0 unspecified atom stereocenters. The van der Waals surface area contributed by atoms with Crippen molar-refractivity contribution in [2.45, 2.75) is 5.91 Å². The molecule has 0 saturated carbocycles. The molecule has 10 aromatic rings. The van der Waals surface area contributed by atoms with Crippen LogP contribution >= 0.6 is 0 Å². The van der Waals surface area contributed by atoms with Gasteiger partial charge in [0.2, 0.25) is 0 Å². The Balaban J connectivity index is 1.22. The van der Waals surface area contributed by atoms with Gasteiger partial charge in [-0.3, -0.25) is 18.9 Å². The van der Waals surface area contributed by atoms with Gasteiger partial charge in [0, 0.05) is 32.9 Å². The van der Waals surface area contributed by atoms with Crippen LogP contribution in [0, 0.1) is 0 Å². The van der Waals surface area contributed by atoms with Crippen LogP contribution in [-0.4, -0.2) is 9.13 Å². The van der Waals surface area contributed by atoms with Gasteiger partial charge in [-0.1, -0.05) is 146 Å². The third kappa shape index (κ3) is 3.64. The van der Waals surface area contributed by atoms with Crippen LogP contribution in [0.1, 0.15) is 0 Å². The molecule has 4 nitrogen and oxygen atoms in total. The first kappa shape index (κ1) is 28.6. The smallest absolute Gasteiger partial charge is 0.280 e. The molecule has 4 heterocycles. The summed E-state index contributed by atoms with van der Waals surface area (Å²) in [5, 5.41) is 5.02. The Morgan fingerprint density at radius 3 is 1.08 bits per heavy atom. The maximum absolute atomic E-state index is 2.62. The third-order valence-corrected chi connectivity index (χ3v) is 11.5. The van der Waals surface area contributed by atoms with Gasteiger partial charge in [0.1, 0.15) is 0 Å². The summed E-state index contributed by atoms with van der Waals surface area (Å²) in [5.41, 5.74) is 14.3. The SMILES string of the molecule is c1ccc(-c2ccc(N3c4cccc5c6ccccc6n(c45)C34N(c3ccc(-c5ccccc5)cc3)c3cccc5c6ccccc6n4c35)cc2)cc1. The number of anilines is 4. The fourth-order valence-electron chi connectivity index (χ4n) is 9.40. The first-order valence-corrected chi connectivity index (χ1v) is 18.3. The Labute approximate surface area is 306 Å². The van der Waals surface area contributed by atoms with Crippen molar-refractivity contribution in [3.63, 3.8) is 0 Å². The van der Waals surface area contributed by atoms with Crippen molar-refractivity contribution in [2.75, 3.05) is 9.80 Å². The minimum atomic E-state index is -0.890. The molecule has 0 fully saturated rings. The van der Waals surface area contributed by atoms with Crippen LogP contribution in [0.5, 0.6) is 0 Å². The van der Waals surface area contributed by atoms with Gasteiger partial charge in [-0.15, -0.1) is 0 Å². The topological polar surface area (TPSA) is 16.3 Å². The molecule has 0 N–H and O–H groups in total. The van der Waals surface area contributed by atoms with E-state index in [4.69, 9.17) is 0 Å². The maximum Gasteiger partial charge on any atom is 0.295 e. The summed E-state index contributed by atoms with van der Waals surface area (Å²) in [6.45, 7) is 0. The molecule has 1 spiro atoms. The molecule has 2 aromatic heterocycles. The summed E-state index contributed by atoms with van der Waals surface area (Å²) < 4.78 is 5.24. The number of nitrogens with zero attached hydrogens (tertiary/aromatic N) is 4. The Morgan fingerprint density at radius 1 is 0.283 bits per heavy atom. The van der Waals surface area contributed by atoms with E-state index in [1.165, 1.54) is 77.2 Å². The second-order valence-electron chi connectivity index (χ2n) is 14.1. The van der Waals surface area contributed by atoms with Gasteiger partial charge in [-0.05, 0) is 70.8 Å². The number of rotatable bonds is 4. The number of aromatic nitrogens is 2. The van der Waals surface area contributed by atoms with Crippen LogP contribution in [0.25, 0.3) is 65.9 Å². The summed E-state index contributed by atoms with van der Waals surface area (Å²) in [4.78, 5) is 5.18. The molecular formula is C49H32N4. The second kappa shape index (κ2) is 10.5. The van der Waals surface area contributed by atoms with E-state index in [0.29, 0.717) is 0 Å². The van der Waals surface area contributed by atoms with E-state index in [9.17, 15) is 0 Å². The summed E-state index contributed by atoms with van der Waals surface area (Å²) in [6, 6.07) is 71.1. The molecule has 0 amide bonds. The predicted molar refractivity (Wildman–Crippen MR) is 220 cm³/mol. The van der Waals surface area contributed by atoms with Crippen LogP contribution in [0.2, 0.25) is 0 Å². The molecule has 0 bridgehead atoms. The second-order valence-corrected chi connectivity index (χ2v) is 14.1. The Kier molecular flexibility index (Phi) is 5.67. The highest BCUT2D eigenvalue weighted by Gasteiger charge is 2.59. The summed E-state index contributed by atoms with van der Waals surface area (Å²) >= 11 is 0. The average Bonchev–Trinajstić information content (AvgIpc) is 3.94. The van der Waals surface area contributed by atoms with E-state index >= 15 is 0 Å². The quantitative estimate of drug-likeness (QED) is 0.184. The molecule has 53 heavy (non-hydrogen) atoms. The van der Waals surface area contributed by atoms with Crippen molar-refractivity contribution >= 4 is 66.4 Å². The van der Waals surface area contributed by atoms with Crippen molar-refractivity contribution in [3.05, 3.63) is 194 Å². The molecule has 0 saturated heterocycles. The molecule has 8 aromatic carbocycles. The molecule has 248 valence electrons. The Hall–Kier alpha value is -7.04. The van der Waals surface area contributed by atoms with E-state index in [0.717, 1.165) is 11.4 Å². The zero-order chi connectivity index (χ0) is 34.7. The fourth-order valence-corrected chi connectivity index (χ4v) is 9.40. The number of benzene rings is 8. The van der Waals surface area contributed by atoms with Gasteiger partial charge in [0.15, 0.2) is 0 Å². The van der Waals surface area contributed by atoms with E-state index < -0.39 is 5.91 Å². The largest absolute Gasteiger partial charge is 0.295 e. The minimum absolute atomic E-state index is 0.890. The highest BCUT2D eigenvalue weighted by atomic mass is 15.7. The van der Waals surface area contributed by atoms with Gasteiger partial charge in [0.25, 0.3) is 5.91 Å². The zero-order valence-corrected chi connectivity index (χ0v) is 28.8. The van der Waals surface area contributed by atoms with E-state index in [1.807, 2.05) is 0 Å². The predicted octanol–water partition coefficient (Wildman–Crippen LogP) is 12.7. The van der Waals surface area contributed by atoms with Crippen LogP contribution in [0.15, 0.2) is 194 Å². The molecule has 2 aliphatic heterocycles. The van der Waals surface area contributed by atoms with Crippen LogP contribution in [0.4, 0.5) is 22.7 Å². The zero-order valence-electron chi connectivity index (χ0n) is 28.8. The van der Waals surface area contributed by atoms with Gasteiger partial charge < -0.3 is 0 Å².